The Morgan fingerprint density at radius 2 is 2.09 bits per heavy atom. The van der Waals surface area contributed by atoms with E-state index in [1.54, 1.807) is 0 Å². The van der Waals surface area contributed by atoms with Crippen molar-refractivity contribution in [2.75, 3.05) is 6.54 Å². The lowest BCUT2D eigenvalue weighted by molar-refractivity contribution is 0.0518. The second-order valence-electron chi connectivity index (χ2n) is 7.12. The number of halogens is 1. The lowest BCUT2D eigenvalue weighted by Crippen LogP contribution is -2.45. The number of carbonyl (C=O) groups excluding carboxylic acids is 1. The van der Waals surface area contributed by atoms with Crippen LogP contribution in [0, 0.1) is 9.68 Å². The summed E-state index contributed by atoms with van der Waals surface area (Å²) in [5.41, 5.74) is -0.467. The van der Waals surface area contributed by atoms with Crippen LogP contribution in [0.3, 0.4) is 0 Å². The maximum atomic E-state index is 11.9. The summed E-state index contributed by atoms with van der Waals surface area (Å²) in [5, 5.41) is 6.44. The third kappa shape index (κ3) is 6.71. The van der Waals surface area contributed by atoms with Gasteiger partial charge in [0.05, 0.1) is 6.54 Å². The summed E-state index contributed by atoms with van der Waals surface area (Å²) < 4.78 is 11.8. The van der Waals surface area contributed by atoms with E-state index in [1.807, 2.05) is 32.9 Å². The molecule has 0 radical (unpaired) electrons. The second kappa shape index (κ2) is 8.37. The van der Waals surface area contributed by atoms with Crippen LogP contribution in [0.1, 0.15) is 52.2 Å². The first-order chi connectivity index (χ1) is 10.8. The van der Waals surface area contributed by atoms with E-state index in [1.165, 1.54) is 25.7 Å². The number of furan rings is 1. The van der Waals surface area contributed by atoms with Crippen LogP contribution in [0.2, 0.25) is 0 Å². The Balaban J connectivity index is 1.85. The van der Waals surface area contributed by atoms with Gasteiger partial charge in [-0.05, 0) is 74.3 Å². The van der Waals surface area contributed by atoms with Crippen molar-refractivity contribution in [3.63, 3.8) is 0 Å². The number of hydrogen-bond donors (Lipinski definition) is 2. The summed E-state index contributed by atoms with van der Waals surface area (Å²) in [6.45, 7) is 6.88. The van der Waals surface area contributed by atoms with Gasteiger partial charge in [0.2, 0.25) is 0 Å². The van der Waals surface area contributed by atoms with Gasteiger partial charge in [-0.3, -0.25) is 0 Å². The summed E-state index contributed by atoms with van der Waals surface area (Å²) in [6.07, 6.45) is 4.61. The van der Waals surface area contributed by atoms with Crippen molar-refractivity contribution in [2.45, 2.75) is 64.6 Å². The molecule has 2 N–H and O–H groups in total. The maximum Gasteiger partial charge on any atom is 0.407 e. The van der Waals surface area contributed by atoms with Gasteiger partial charge in [-0.15, -0.1) is 0 Å². The summed E-state index contributed by atoms with van der Waals surface area (Å²) in [7, 11) is 0. The zero-order chi connectivity index (χ0) is 16.9. The largest absolute Gasteiger partial charge is 0.454 e. The monoisotopic (exact) mass is 434 g/mol. The van der Waals surface area contributed by atoms with Gasteiger partial charge in [-0.25, -0.2) is 4.79 Å². The number of carbonyl (C=O) groups is 1. The fourth-order valence-electron chi connectivity index (χ4n) is 2.95. The van der Waals surface area contributed by atoms with Crippen LogP contribution in [0.15, 0.2) is 16.5 Å². The van der Waals surface area contributed by atoms with Gasteiger partial charge < -0.3 is 19.8 Å². The topological polar surface area (TPSA) is 63.5 Å². The van der Waals surface area contributed by atoms with Gasteiger partial charge in [-0.2, -0.15) is 0 Å². The molecule has 1 aromatic rings. The Morgan fingerprint density at radius 1 is 1.39 bits per heavy atom. The van der Waals surface area contributed by atoms with Crippen LogP contribution in [0.25, 0.3) is 0 Å². The highest BCUT2D eigenvalue weighted by Gasteiger charge is 2.26. The minimum absolute atomic E-state index is 0.243. The Hall–Kier alpha value is -0.760. The summed E-state index contributed by atoms with van der Waals surface area (Å²) in [4.78, 5) is 11.9. The van der Waals surface area contributed by atoms with E-state index >= 15 is 0 Å². The molecule has 6 heteroatoms. The van der Waals surface area contributed by atoms with E-state index in [0.29, 0.717) is 19.0 Å². The van der Waals surface area contributed by atoms with Crippen LogP contribution in [0.4, 0.5) is 4.79 Å². The minimum Gasteiger partial charge on any atom is -0.454 e. The molecule has 1 heterocycles. The average molecular weight is 434 g/mol. The van der Waals surface area contributed by atoms with Gasteiger partial charge in [0.1, 0.15) is 11.4 Å². The molecule has 5 nitrogen and oxygen atoms in total. The molecule has 1 unspecified atom stereocenters. The molecule has 1 aliphatic rings. The Labute approximate surface area is 152 Å². The molecule has 1 saturated carbocycles. The van der Waals surface area contributed by atoms with Crippen molar-refractivity contribution in [1.82, 2.24) is 10.6 Å². The van der Waals surface area contributed by atoms with Crippen molar-refractivity contribution < 1.29 is 13.9 Å². The van der Waals surface area contributed by atoms with Crippen molar-refractivity contribution in [2.24, 2.45) is 5.92 Å². The van der Waals surface area contributed by atoms with E-state index in [9.17, 15) is 4.79 Å². The molecule has 130 valence electrons. The van der Waals surface area contributed by atoms with E-state index in [4.69, 9.17) is 9.15 Å². The standard InChI is InChI=1S/C17H27IN2O3/c1-17(2,3)23-16(21)20-11-14(12-6-4-5-7-12)19-10-13-8-9-15(18)22-13/h8-9,12,14,19H,4-7,10-11H2,1-3H3,(H,20,21). The molecule has 1 aliphatic carbocycles. The van der Waals surface area contributed by atoms with Gasteiger partial charge >= 0.3 is 6.09 Å². The van der Waals surface area contributed by atoms with Crippen molar-refractivity contribution in [3.8, 4) is 0 Å². The zero-order valence-corrected chi connectivity index (χ0v) is 16.3. The van der Waals surface area contributed by atoms with Gasteiger partial charge in [0.15, 0.2) is 3.77 Å². The maximum absolute atomic E-state index is 11.9. The first-order valence-electron chi connectivity index (χ1n) is 8.28. The molecule has 1 atom stereocenters. The number of amides is 1. The molecule has 0 aliphatic heterocycles. The molecule has 2 rings (SSSR count). The third-order valence-corrected chi connectivity index (χ3v) is 4.58. The molecule has 1 aromatic heterocycles. The molecule has 0 saturated heterocycles. The zero-order valence-electron chi connectivity index (χ0n) is 14.2. The summed E-state index contributed by atoms with van der Waals surface area (Å²) in [5.74, 6) is 1.52. The SMILES string of the molecule is CC(C)(C)OC(=O)NCC(NCc1ccc(I)o1)C1CCCC1. The molecule has 0 aromatic carbocycles. The minimum atomic E-state index is -0.467. The second-order valence-corrected chi connectivity index (χ2v) is 8.18. The number of ether oxygens (including phenoxy) is 1. The molecule has 0 bridgehead atoms. The predicted molar refractivity (Wildman–Crippen MR) is 98.2 cm³/mol. The Morgan fingerprint density at radius 3 is 2.65 bits per heavy atom. The first kappa shape index (κ1) is 18.6. The van der Waals surface area contributed by atoms with Crippen LogP contribution in [-0.2, 0) is 11.3 Å². The molecule has 0 spiro atoms. The highest BCUT2D eigenvalue weighted by Crippen LogP contribution is 2.28. The van der Waals surface area contributed by atoms with Crippen LogP contribution < -0.4 is 10.6 Å². The molecule has 1 amide bonds. The number of hydrogen-bond acceptors (Lipinski definition) is 4. The summed E-state index contributed by atoms with van der Waals surface area (Å²) >= 11 is 2.17. The van der Waals surface area contributed by atoms with E-state index in [-0.39, 0.29) is 12.1 Å². The third-order valence-electron chi connectivity index (χ3n) is 4.00. The normalized spacial score (nSPS) is 17.2. The van der Waals surface area contributed by atoms with Crippen LogP contribution in [0.5, 0.6) is 0 Å². The lowest BCUT2D eigenvalue weighted by atomic mass is 9.98. The van der Waals surface area contributed by atoms with E-state index in [0.717, 1.165) is 9.53 Å². The van der Waals surface area contributed by atoms with Crippen molar-refractivity contribution in [1.29, 1.82) is 0 Å². The van der Waals surface area contributed by atoms with Crippen LogP contribution in [-0.4, -0.2) is 24.3 Å². The highest BCUT2D eigenvalue weighted by molar-refractivity contribution is 14.1. The van der Waals surface area contributed by atoms with E-state index < -0.39 is 5.60 Å². The predicted octanol–water partition coefficient (Wildman–Crippen LogP) is 4.06. The molecular weight excluding hydrogens is 407 g/mol. The van der Waals surface area contributed by atoms with Gasteiger partial charge in [0, 0.05) is 12.6 Å². The fourth-order valence-corrected chi connectivity index (χ4v) is 3.41. The van der Waals surface area contributed by atoms with Crippen molar-refractivity contribution >= 4 is 28.7 Å². The Bertz CT molecular complexity index is 504. The average Bonchev–Trinajstić information content (AvgIpc) is 3.08. The van der Waals surface area contributed by atoms with E-state index in [2.05, 4.69) is 33.2 Å². The summed E-state index contributed by atoms with van der Waals surface area (Å²) in [6, 6.07) is 4.19. The number of nitrogens with one attached hydrogen (secondary N) is 2. The first-order valence-corrected chi connectivity index (χ1v) is 9.36. The Kier molecular flexibility index (Phi) is 6.76. The van der Waals surface area contributed by atoms with Crippen LogP contribution >= 0.6 is 22.6 Å². The molecule has 1 fully saturated rings. The smallest absolute Gasteiger partial charge is 0.407 e. The quantitative estimate of drug-likeness (QED) is 0.663. The number of alkyl carbamates (subject to hydrolysis) is 1. The molecular formula is C17H27IN2O3. The van der Waals surface area contributed by atoms with Gasteiger partial charge in [0.25, 0.3) is 0 Å². The fraction of sp³-hybridized carbons (Fsp3) is 0.706. The van der Waals surface area contributed by atoms with Crippen molar-refractivity contribution in [3.05, 3.63) is 21.7 Å². The molecule has 23 heavy (non-hydrogen) atoms. The number of rotatable bonds is 6. The lowest BCUT2D eigenvalue weighted by Gasteiger charge is -2.26. The van der Waals surface area contributed by atoms with Gasteiger partial charge in [-0.1, -0.05) is 12.8 Å². The highest BCUT2D eigenvalue weighted by atomic mass is 127.